The van der Waals surface area contributed by atoms with E-state index >= 15 is 0 Å². The maximum Gasteiger partial charge on any atom is 0.147 e. The molecule has 0 aromatic rings. The molecule has 0 spiro atoms. The minimum absolute atomic E-state index is 0.735. The van der Waals surface area contributed by atoms with Gasteiger partial charge in [-0.2, -0.15) is 0 Å². The summed E-state index contributed by atoms with van der Waals surface area (Å²) in [7, 11) is 0.853. The predicted molar refractivity (Wildman–Crippen MR) is 43.5 cm³/mol. The second kappa shape index (κ2) is 5.91. The lowest BCUT2D eigenvalue weighted by atomic mass is 10.1. The third-order valence-corrected chi connectivity index (χ3v) is 1.57. The smallest absolute Gasteiger partial charge is 0.136 e. The second-order valence-electron chi connectivity index (χ2n) is 2.43. The zero-order valence-corrected chi connectivity index (χ0v) is 7.49. The lowest BCUT2D eigenvalue weighted by Crippen LogP contribution is -1.84. The first-order valence-corrected chi connectivity index (χ1v) is 4.68. The Bertz CT molecular complexity index is 105. The summed E-state index contributed by atoms with van der Waals surface area (Å²) >= 11 is 0. The molecule has 0 aromatic heterocycles. The van der Waals surface area contributed by atoms with Crippen LogP contribution in [0.4, 0.5) is 0 Å². The number of rotatable bonds is 2. The summed E-state index contributed by atoms with van der Waals surface area (Å²) in [6.07, 6.45) is 1.06. The molecule has 0 rings (SSSR count). The normalized spacial score (nSPS) is 8.89. The van der Waals surface area contributed by atoms with Crippen molar-refractivity contribution in [2.24, 2.45) is 5.92 Å². The molecule has 0 saturated carbocycles. The van der Waals surface area contributed by atoms with Gasteiger partial charge in [0.2, 0.25) is 0 Å². The van der Waals surface area contributed by atoms with Crippen LogP contribution in [0.15, 0.2) is 0 Å². The number of hydrogen-bond acceptors (Lipinski definition) is 0. The van der Waals surface area contributed by atoms with Gasteiger partial charge < -0.3 is 0 Å². The van der Waals surface area contributed by atoms with Crippen molar-refractivity contribution in [1.82, 2.24) is 0 Å². The lowest BCUT2D eigenvalue weighted by Gasteiger charge is -1.91. The van der Waals surface area contributed by atoms with Gasteiger partial charge in [-0.1, -0.05) is 26.8 Å². The third-order valence-electron chi connectivity index (χ3n) is 0.864. The van der Waals surface area contributed by atoms with Crippen LogP contribution in [0, 0.1) is 17.4 Å². The molecule has 9 heavy (non-hydrogen) atoms. The molecule has 50 valence electrons. The maximum absolute atomic E-state index is 3.15. The zero-order valence-electron chi connectivity index (χ0n) is 6.49. The van der Waals surface area contributed by atoms with Crippen LogP contribution in [0.25, 0.3) is 0 Å². The molecule has 0 fully saturated rings. The quantitative estimate of drug-likeness (QED) is 0.405. The van der Waals surface area contributed by atoms with Crippen LogP contribution in [-0.4, -0.2) is 9.52 Å². The van der Waals surface area contributed by atoms with Gasteiger partial charge in [0.15, 0.2) is 0 Å². The minimum atomic E-state index is 0.735. The molecule has 1 heteroatoms. The molecule has 0 aliphatic rings. The zero-order chi connectivity index (χ0) is 7.11. The largest absolute Gasteiger partial charge is 0.147 e. The maximum atomic E-state index is 3.15. The fourth-order valence-corrected chi connectivity index (χ4v) is 0.810. The Labute approximate surface area is 60.9 Å². The summed E-state index contributed by atoms with van der Waals surface area (Å²) in [5, 5.41) is 0. The van der Waals surface area contributed by atoms with Crippen molar-refractivity contribution in [3.8, 4) is 11.5 Å². The summed E-state index contributed by atoms with van der Waals surface area (Å²) in [4.78, 5) is 0. The molecule has 0 nitrogen and oxygen atoms in total. The van der Waals surface area contributed by atoms with Crippen LogP contribution in [-0.2, 0) is 0 Å². The Morgan fingerprint density at radius 2 is 2.11 bits per heavy atom. The van der Waals surface area contributed by atoms with Crippen molar-refractivity contribution in [1.29, 1.82) is 0 Å². The summed E-state index contributed by atoms with van der Waals surface area (Å²) in [5.74, 6) is 3.88. The van der Waals surface area contributed by atoms with Gasteiger partial charge in [-0.05, 0) is 5.92 Å². The molecule has 0 aromatic carbocycles. The Balaban J connectivity index is 3.16. The predicted octanol–water partition coefficient (Wildman–Crippen LogP) is 2.14. The molecule has 0 atom stereocenters. The molecular weight excluding hydrogens is 124 g/mol. The van der Waals surface area contributed by atoms with E-state index in [-0.39, 0.29) is 0 Å². The Kier molecular flexibility index (Phi) is 5.76. The van der Waals surface area contributed by atoms with E-state index in [1.165, 1.54) is 6.04 Å². The summed E-state index contributed by atoms with van der Waals surface area (Å²) < 4.78 is 0. The highest BCUT2D eigenvalue weighted by molar-refractivity contribution is 6.45. The average Bonchev–Trinajstić information content (AvgIpc) is 1.80. The summed E-state index contributed by atoms with van der Waals surface area (Å²) in [6, 6.07) is 1.21. The Morgan fingerprint density at radius 1 is 1.44 bits per heavy atom. The van der Waals surface area contributed by atoms with Crippen molar-refractivity contribution >= 4 is 9.52 Å². The third kappa shape index (κ3) is 7.78. The van der Waals surface area contributed by atoms with Crippen molar-refractivity contribution in [2.45, 2.75) is 33.2 Å². The first-order chi connectivity index (χ1) is 4.27. The molecular formula is C8H14Si. The molecule has 0 amide bonds. The van der Waals surface area contributed by atoms with Gasteiger partial charge >= 0.3 is 0 Å². The average molecular weight is 138 g/mol. The van der Waals surface area contributed by atoms with Crippen LogP contribution in [0.1, 0.15) is 27.2 Å². The molecule has 0 N–H and O–H groups in total. The highest BCUT2D eigenvalue weighted by Crippen LogP contribution is 1.95. The van der Waals surface area contributed by atoms with Crippen LogP contribution in [0.2, 0.25) is 6.04 Å². The molecule has 0 unspecified atom stereocenters. The van der Waals surface area contributed by atoms with Crippen molar-refractivity contribution in [2.75, 3.05) is 0 Å². The van der Waals surface area contributed by atoms with Gasteiger partial charge in [0, 0.05) is 6.42 Å². The first-order valence-electron chi connectivity index (χ1n) is 3.48. The van der Waals surface area contributed by atoms with E-state index in [0.717, 1.165) is 21.9 Å². The van der Waals surface area contributed by atoms with Gasteiger partial charge in [0.1, 0.15) is 9.52 Å². The molecule has 0 saturated heterocycles. The monoisotopic (exact) mass is 138 g/mol. The second-order valence-corrected chi connectivity index (χ2v) is 3.74. The van der Waals surface area contributed by atoms with Crippen LogP contribution >= 0.6 is 0 Å². The highest BCUT2D eigenvalue weighted by Gasteiger charge is 1.85. The van der Waals surface area contributed by atoms with Gasteiger partial charge in [0.05, 0.1) is 0 Å². The van der Waals surface area contributed by atoms with Crippen LogP contribution < -0.4 is 0 Å². The molecule has 0 aliphatic carbocycles. The summed E-state index contributed by atoms with van der Waals surface area (Å²) in [5.41, 5.74) is 3.14. The van der Waals surface area contributed by atoms with Crippen molar-refractivity contribution < 1.29 is 0 Å². The fourth-order valence-electron chi connectivity index (χ4n) is 0.406. The van der Waals surface area contributed by atoms with Crippen molar-refractivity contribution in [3.05, 3.63) is 0 Å². The lowest BCUT2D eigenvalue weighted by molar-refractivity contribution is 0.676. The SMILES string of the molecule is CC[Si]C#CCC(C)C. The minimum Gasteiger partial charge on any atom is -0.136 e. The molecule has 2 radical (unpaired) electrons. The van der Waals surface area contributed by atoms with Crippen molar-refractivity contribution in [3.63, 3.8) is 0 Å². The van der Waals surface area contributed by atoms with Gasteiger partial charge in [-0.15, -0.1) is 11.5 Å². The van der Waals surface area contributed by atoms with E-state index in [0.29, 0.717) is 0 Å². The topological polar surface area (TPSA) is 0 Å². The molecule has 0 aliphatic heterocycles. The van der Waals surface area contributed by atoms with E-state index in [9.17, 15) is 0 Å². The Hall–Kier alpha value is -0.223. The standard InChI is InChI=1S/C8H14Si/c1-4-9-7-5-6-8(2)3/h8H,4,6H2,1-3H3. The highest BCUT2D eigenvalue weighted by atomic mass is 28.2. The molecule has 0 heterocycles. The van der Waals surface area contributed by atoms with Crippen LogP contribution in [0.3, 0.4) is 0 Å². The first kappa shape index (κ1) is 8.78. The van der Waals surface area contributed by atoms with Gasteiger partial charge in [-0.25, -0.2) is 0 Å². The van der Waals surface area contributed by atoms with E-state index in [4.69, 9.17) is 0 Å². The van der Waals surface area contributed by atoms with Gasteiger partial charge in [-0.3, -0.25) is 0 Å². The van der Waals surface area contributed by atoms with E-state index < -0.39 is 0 Å². The van der Waals surface area contributed by atoms with Gasteiger partial charge in [0.25, 0.3) is 0 Å². The van der Waals surface area contributed by atoms with Crippen LogP contribution in [0.5, 0.6) is 0 Å². The Morgan fingerprint density at radius 3 is 2.56 bits per heavy atom. The fraction of sp³-hybridized carbons (Fsp3) is 0.750. The van der Waals surface area contributed by atoms with E-state index in [1.54, 1.807) is 0 Å². The molecule has 0 bridgehead atoms. The number of hydrogen-bond donors (Lipinski definition) is 0. The van der Waals surface area contributed by atoms with E-state index in [1.807, 2.05) is 0 Å². The van der Waals surface area contributed by atoms with E-state index in [2.05, 4.69) is 32.2 Å². The summed E-state index contributed by atoms with van der Waals surface area (Å²) in [6.45, 7) is 6.57.